The van der Waals surface area contributed by atoms with Crippen LogP contribution in [0, 0.1) is 0 Å². The van der Waals surface area contributed by atoms with Crippen molar-refractivity contribution >= 4 is 0 Å². The van der Waals surface area contributed by atoms with Crippen LogP contribution in [0.1, 0.15) is 25.5 Å². The van der Waals surface area contributed by atoms with Gasteiger partial charge in [-0.15, -0.1) is 0 Å². The van der Waals surface area contributed by atoms with E-state index in [0.29, 0.717) is 0 Å². The smallest absolute Gasteiger partial charge is 0.106 e. The van der Waals surface area contributed by atoms with E-state index < -0.39 is 0 Å². The molecule has 1 saturated heterocycles. The van der Waals surface area contributed by atoms with Gasteiger partial charge in [0.25, 0.3) is 0 Å². The molecule has 0 saturated carbocycles. The minimum absolute atomic E-state index is 0.00922. The van der Waals surface area contributed by atoms with Crippen LogP contribution in [0.2, 0.25) is 0 Å². The summed E-state index contributed by atoms with van der Waals surface area (Å²) in [5.41, 5.74) is -0.161. The normalized spacial score (nSPS) is 32.3. The summed E-state index contributed by atoms with van der Waals surface area (Å²) in [6, 6.07) is 3.85. The van der Waals surface area contributed by atoms with Crippen LogP contribution in [-0.4, -0.2) is 23.4 Å². The van der Waals surface area contributed by atoms with Gasteiger partial charge in [-0.2, -0.15) is 0 Å². The Kier molecular flexibility index (Phi) is 2.61. The Labute approximate surface area is 83.7 Å². The van der Waals surface area contributed by atoms with Crippen molar-refractivity contribution in [3.8, 4) is 0 Å². The predicted octanol–water partition coefficient (Wildman–Crippen LogP) is 1.75. The van der Waals surface area contributed by atoms with Gasteiger partial charge in [-0.25, -0.2) is 0 Å². The van der Waals surface area contributed by atoms with Gasteiger partial charge >= 0.3 is 0 Å². The fourth-order valence-electron chi connectivity index (χ4n) is 2.03. The average Bonchev–Trinajstić information content (AvgIpc) is 2.76. The van der Waals surface area contributed by atoms with E-state index in [1.54, 1.807) is 6.26 Å². The third kappa shape index (κ3) is 1.99. The van der Waals surface area contributed by atoms with Crippen molar-refractivity contribution in [1.29, 1.82) is 0 Å². The lowest BCUT2D eigenvalue weighted by atomic mass is 9.97. The second kappa shape index (κ2) is 3.75. The van der Waals surface area contributed by atoms with E-state index >= 15 is 0 Å². The van der Waals surface area contributed by atoms with E-state index in [1.165, 1.54) is 0 Å². The molecule has 0 aromatic carbocycles. The largest absolute Gasteiger partial charge is 0.469 e. The molecular formula is C11H16O3. The van der Waals surface area contributed by atoms with Crippen LogP contribution in [0.5, 0.6) is 0 Å². The maximum atomic E-state index is 8.98. The zero-order valence-electron chi connectivity index (χ0n) is 8.40. The highest BCUT2D eigenvalue weighted by Crippen LogP contribution is 2.32. The second-order valence-corrected chi connectivity index (χ2v) is 4.17. The van der Waals surface area contributed by atoms with Crippen LogP contribution in [0.4, 0.5) is 0 Å². The molecule has 1 aliphatic heterocycles. The van der Waals surface area contributed by atoms with Crippen molar-refractivity contribution in [2.24, 2.45) is 0 Å². The maximum Gasteiger partial charge on any atom is 0.106 e. The lowest BCUT2D eigenvalue weighted by Crippen LogP contribution is -2.28. The number of hydrogen-bond donors (Lipinski definition) is 1. The molecule has 2 rings (SSSR count). The maximum absolute atomic E-state index is 8.98. The summed E-state index contributed by atoms with van der Waals surface area (Å²) in [5.74, 6) is 0.950. The Bertz CT molecular complexity index is 281. The molecule has 0 radical (unpaired) electrons. The first kappa shape index (κ1) is 9.74. The molecule has 0 spiro atoms. The van der Waals surface area contributed by atoms with E-state index in [1.807, 2.05) is 12.1 Å². The van der Waals surface area contributed by atoms with Gasteiger partial charge < -0.3 is 14.3 Å². The summed E-state index contributed by atoms with van der Waals surface area (Å²) >= 11 is 0. The van der Waals surface area contributed by atoms with E-state index in [4.69, 9.17) is 14.3 Å². The fourth-order valence-corrected chi connectivity index (χ4v) is 2.03. The lowest BCUT2D eigenvalue weighted by Gasteiger charge is -2.23. The molecular weight excluding hydrogens is 180 g/mol. The van der Waals surface area contributed by atoms with E-state index in [9.17, 15) is 0 Å². The first-order chi connectivity index (χ1) is 6.72. The van der Waals surface area contributed by atoms with Crippen LogP contribution in [-0.2, 0) is 11.2 Å². The molecule has 2 heterocycles. The molecule has 1 aromatic heterocycles. The van der Waals surface area contributed by atoms with Gasteiger partial charge in [0.15, 0.2) is 0 Å². The summed E-state index contributed by atoms with van der Waals surface area (Å²) in [7, 11) is 0. The van der Waals surface area contributed by atoms with Gasteiger partial charge in [-0.05, 0) is 31.9 Å². The quantitative estimate of drug-likeness (QED) is 0.800. The second-order valence-electron chi connectivity index (χ2n) is 4.17. The highest BCUT2D eigenvalue weighted by Gasteiger charge is 2.36. The highest BCUT2D eigenvalue weighted by molar-refractivity contribution is 5.04. The molecule has 14 heavy (non-hydrogen) atoms. The van der Waals surface area contributed by atoms with Gasteiger partial charge in [0.05, 0.1) is 24.6 Å². The number of aliphatic hydroxyl groups is 1. The topological polar surface area (TPSA) is 42.6 Å². The molecule has 0 amide bonds. The minimum Gasteiger partial charge on any atom is -0.469 e. The Balaban J connectivity index is 1.97. The van der Waals surface area contributed by atoms with Crippen molar-refractivity contribution in [3.63, 3.8) is 0 Å². The number of ether oxygens (including phenoxy) is 1. The molecule has 1 fully saturated rings. The van der Waals surface area contributed by atoms with E-state index in [2.05, 4.69) is 6.92 Å². The molecule has 3 nitrogen and oxygen atoms in total. The number of aliphatic hydroxyl groups excluding tert-OH is 1. The third-order valence-corrected chi connectivity index (χ3v) is 2.78. The van der Waals surface area contributed by atoms with Crippen LogP contribution in [0.15, 0.2) is 22.8 Å². The van der Waals surface area contributed by atoms with Crippen LogP contribution < -0.4 is 0 Å². The van der Waals surface area contributed by atoms with Gasteiger partial charge in [0, 0.05) is 6.42 Å². The van der Waals surface area contributed by atoms with Crippen molar-refractivity contribution in [2.45, 2.75) is 37.9 Å². The van der Waals surface area contributed by atoms with Gasteiger partial charge in [0.1, 0.15) is 5.76 Å². The number of hydrogen-bond acceptors (Lipinski definition) is 3. The summed E-state index contributed by atoms with van der Waals surface area (Å²) in [4.78, 5) is 0. The van der Waals surface area contributed by atoms with E-state index in [-0.39, 0.29) is 18.3 Å². The molecule has 3 heteroatoms. The summed E-state index contributed by atoms with van der Waals surface area (Å²) in [5, 5.41) is 8.98. The zero-order valence-corrected chi connectivity index (χ0v) is 8.40. The lowest BCUT2D eigenvalue weighted by molar-refractivity contribution is -0.0497. The Morgan fingerprint density at radius 3 is 3.07 bits per heavy atom. The first-order valence-corrected chi connectivity index (χ1v) is 5.03. The zero-order chi connectivity index (χ0) is 10.0. The summed E-state index contributed by atoms with van der Waals surface area (Å²) in [6.07, 6.45) is 4.40. The molecule has 1 aromatic rings. The molecule has 0 bridgehead atoms. The Hall–Kier alpha value is -0.800. The van der Waals surface area contributed by atoms with Crippen molar-refractivity contribution in [3.05, 3.63) is 24.2 Å². The molecule has 78 valence electrons. The predicted molar refractivity (Wildman–Crippen MR) is 52.0 cm³/mol. The molecule has 1 aliphatic rings. The monoisotopic (exact) mass is 196 g/mol. The first-order valence-electron chi connectivity index (χ1n) is 5.03. The van der Waals surface area contributed by atoms with E-state index in [0.717, 1.165) is 25.0 Å². The summed E-state index contributed by atoms with van der Waals surface area (Å²) < 4.78 is 11.0. The molecule has 2 unspecified atom stereocenters. The number of rotatable bonds is 3. The van der Waals surface area contributed by atoms with Gasteiger partial charge in [0.2, 0.25) is 0 Å². The van der Waals surface area contributed by atoms with Crippen molar-refractivity contribution in [2.75, 3.05) is 6.61 Å². The number of furan rings is 1. The average molecular weight is 196 g/mol. The highest BCUT2D eigenvalue weighted by atomic mass is 16.5. The summed E-state index contributed by atoms with van der Waals surface area (Å²) in [6.45, 7) is 2.19. The van der Waals surface area contributed by atoms with Crippen molar-refractivity contribution in [1.82, 2.24) is 0 Å². The van der Waals surface area contributed by atoms with Crippen molar-refractivity contribution < 1.29 is 14.3 Å². The van der Waals surface area contributed by atoms with Gasteiger partial charge in [-0.3, -0.25) is 0 Å². The Morgan fingerprint density at radius 1 is 1.64 bits per heavy atom. The minimum atomic E-state index is -0.161. The standard InChI is InChI=1S/C11H16O3/c1-11(5-4-10(8-12)14-11)7-9-3-2-6-13-9/h2-3,6,10,12H,4-5,7-8H2,1H3. The Morgan fingerprint density at radius 2 is 2.50 bits per heavy atom. The molecule has 1 N–H and O–H groups in total. The molecule has 2 atom stereocenters. The van der Waals surface area contributed by atoms with Crippen LogP contribution in [0.3, 0.4) is 0 Å². The van der Waals surface area contributed by atoms with Crippen LogP contribution in [0.25, 0.3) is 0 Å². The van der Waals surface area contributed by atoms with Gasteiger partial charge in [-0.1, -0.05) is 0 Å². The fraction of sp³-hybridized carbons (Fsp3) is 0.636. The molecule has 0 aliphatic carbocycles. The third-order valence-electron chi connectivity index (χ3n) is 2.78. The SMILES string of the molecule is CC1(Cc2ccco2)CCC(CO)O1. The van der Waals surface area contributed by atoms with Crippen LogP contribution >= 0.6 is 0 Å².